The van der Waals surface area contributed by atoms with Gasteiger partial charge in [0.1, 0.15) is 0 Å². The van der Waals surface area contributed by atoms with Crippen molar-refractivity contribution in [2.75, 3.05) is 13.1 Å². The summed E-state index contributed by atoms with van der Waals surface area (Å²) in [5.74, 6) is -0.0953. The van der Waals surface area contributed by atoms with Crippen LogP contribution in [0, 0.1) is 5.41 Å². The monoisotopic (exact) mass is 198 g/mol. The van der Waals surface area contributed by atoms with Crippen LogP contribution in [0.1, 0.15) is 33.1 Å². The zero-order valence-electron chi connectivity index (χ0n) is 8.88. The number of nitrogens with two attached hydrogens (primary N) is 1. The molecule has 1 heterocycles. The Bertz CT molecular complexity index is 247. The molecule has 4 nitrogen and oxygen atoms in total. The van der Waals surface area contributed by atoms with Crippen molar-refractivity contribution in [1.29, 1.82) is 0 Å². The molecule has 2 N–H and O–H groups in total. The number of amides is 2. The summed E-state index contributed by atoms with van der Waals surface area (Å²) < 4.78 is 0. The molecule has 0 aromatic heterocycles. The van der Waals surface area contributed by atoms with Gasteiger partial charge in [0, 0.05) is 19.5 Å². The minimum absolute atomic E-state index is 0.0297. The van der Waals surface area contributed by atoms with Crippen LogP contribution in [0.5, 0.6) is 0 Å². The van der Waals surface area contributed by atoms with Crippen LogP contribution >= 0.6 is 0 Å². The number of carbonyl (C=O) groups is 2. The fraction of sp³-hybridized carbons (Fsp3) is 0.800. The Morgan fingerprint density at radius 3 is 2.29 bits per heavy atom. The summed E-state index contributed by atoms with van der Waals surface area (Å²) in [7, 11) is 0. The van der Waals surface area contributed by atoms with Crippen molar-refractivity contribution in [1.82, 2.24) is 4.90 Å². The third-order valence-electron chi connectivity index (χ3n) is 3.20. The van der Waals surface area contributed by atoms with E-state index < -0.39 is 5.41 Å². The first-order valence-electron chi connectivity index (χ1n) is 5.16. The van der Waals surface area contributed by atoms with Crippen molar-refractivity contribution in [3.63, 3.8) is 0 Å². The molecule has 1 rings (SSSR count). The van der Waals surface area contributed by atoms with Gasteiger partial charge in [-0.15, -0.1) is 0 Å². The molecule has 0 radical (unpaired) electrons. The maximum atomic E-state index is 11.9. The van der Waals surface area contributed by atoms with E-state index in [1.807, 2.05) is 13.8 Å². The molecule has 1 aliphatic rings. The van der Waals surface area contributed by atoms with Gasteiger partial charge in [0.2, 0.25) is 11.8 Å². The van der Waals surface area contributed by atoms with Gasteiger partial charge in [0.05, 0.1) is 5.41 Å². The quantitative estimate of drug-likeness (QED) is 0.669. The highest BCUT2D eigenvalue weighted by Gasteiger charge is 2.48. The Hall–Kier alpha value is -0.900. The Morgan fingerprint density at radius 2 is 1.93 bits per heavy atom. The van der Waals surface area contributed by atoms with Crippen molar-refractivity contribution in [2.24, 2.45) is 11.1 Å². The topological polar surface area (TPSA) is 63.4 Å². The van der Waals surface area contributed by atoms with Crippen LogP contribution in [-0.4, -0.2) is 29.8 Å². The van der Waals surface area contributed by atoms with Gasteiger partial charge in [-0.3, -0.25) is 14.5 Å². The highest BCUT2D eigenvalue weighted by atomic mass is 16.2. The van der Waals surface area contributed by atoms with Gasteiger partial charge in [0.15, 0.2) is 0 Å². The van der Waals surface area contributed by atoms with Crippen molar-refractivity contribution in [3.8, 4) is 0 Å². The van der Waals surface area contributed by atoms with E-state index in [-0.39, 0.29) is 11.8 Å². The second-order valence-electron chi connectivity index (χ2n) is 3.80. The number of likely N-dealkylation sites (tertiary alicyclic amines) is 1. The molecule has 0 aromatic carbocycles. The van der Waals surface area contributed by atoms with Crippen molar-refractivity contribution in [2.45, 2.75) is 33.1 Å². The van der Waals surface area contributed by atoms with Gasteiger partial charge in [-0.2, -0.15) is 0 Å². The molecule has 14 heavy (non-hydrogen) atoms. The molecule has 4 heteroatoms. The fourth-order valence-electron chi connectivity index (χ4n) is 2.02. The largest absolute Gasteiger partial charge is 0.329 e. The lowest BCUT2D eigenvalue weighted by Gasteiger charge is -2.23. The lowest BCUT2D eigenvalue weighted by atomic mass is 9.81. The summed E-state index contributed by atoms with van der Waals surface area (Å²) in [6.07, 6.45) is 1.82. The van der Waals surface area contributed by atoms with E-state index in [9.17, 15) is 9.59 Å². The zero-order valence-corrected chi connectivity index (χ0v) is 8.88. The molecule has 0 bridgehead atoms. The number of carbonyl (C=O) groups excluding carboxylic acids is 2. The Morgan fingerprint density at radius 1 is 1.36 bits per heavy atom. The highest BCUT2D eigenvalue weighted by molar-refractivity contribution is 6.05. The molecule has 0 unspecified atom stereocenters. The number of nitrogens with zero attached hydrogens (tertiary/aromatic N) is 1. The number of hydrogen-bond donors (Lipinski definition) is 1. The molecule has 1 aliphatic heterocycles. The minimum Gasteiger partial charge on any atom is -0.329 e. The number of hydrogen-bond acceptors (Lipinski definition) is 3. The van der Waals surface area contributed by atoms with Crippen LogP contribution in [-0.2, 0) is 9.59 Å². The maximum absolute atomic E-state index is 11.9. The summed E-state index contributed by atoms with van der Waals surface area (Å²) in [4.78, 5) is 24.8. The van der Waals surface area contributed by atoms with Crippen LogP contribution < -0.4 is 5.73 Å². The molecule has 1 saturated heterocycles. The predicted octanol–water partition coefficient (Wildman–Crippen LogP) is 0.510. The number of imide groups is 1. The summed E-state index contributed by atoms with van der Waals surface area (Å²) >= 11 is 0. The first-order valence-corrected chi connectivity index (χ1v) is 5.16. The standard InChI is InChI=1S/C10H18N2O2/c1-3-10(4-2)7-8(13)12(6-5-11)9(10)14/h3-7,11H2,1-2H3. The average molecular weight is 198 g/mol. The Balaban J connectivity index is 2.87. The second-order valence-corrected chi connectivity index (χ2v) is 3.80. The van der Waals surface area contributed by atoms with E-state index in [0.29, 0.717) is 19.5 Å². The third kappa shape index (κ3) is 1.54. The van der Waals surface area contributed by atoms with Crippen molar-refractivity contribution in [3.05, 3.63) is 0 Å². The molecular weight excluding hydrogens is 180 g/mol. The van der Waals surface area contributed by atoms with Gasteiger partial charge in [-0.25, -0.2) is 0 Å². The van der Waals surface area contributed by atoms with Crippen LogP contribution in [0.25, 0.3) is 0 Å². The van der Waals surface area contributed by atoms with Gasteiger partial charge in [-0.1, -0.05) is 13.8 Å². The third-order valence-corrected chi connectivity index (χ3v) is 3.20. The fourth-order valence-corrected chi connectivity index (χ4v) is 2.02. The Kier molecular flexibility index (Phi) is 3.26. The van der Waals surface area contributed by atoms with Gasteiger partial charge in [-0.05, 0) is 12.8 Å². The molecular formula is C10H18N2O2. The molecule has 0 aromatic rings. The van der Waals surface area contributed by atoms with Crippen LogP contribution in [0.15, 0.2) is 0 Å². The molecule has 0 spiro atoms. The zero-order chi connectivity index (χ0) is 10.8. The van der Waals surface area contributed by atoms with Crippen LogP contribution in [0.4, 0.5) is 0 Å². The van der Waals surface area contributed by atoms with E-state index in [1.165, 1.54) is 4.90 Å². The van der Waals surface area contributed by atoms with E-state index in [2.05, 4.69) is 0 Å². The molecule has 0 aliphatic carbocycles. The van der Waals surface area contributed by atoms with E-state index in [4.69, 9.17) is 5.73 Å². The Labute approximate surface area is 84.4 Å². The number of rotatable bonds is 4. The van der Waals surface area contributed by atoms with E-state index in [0.717, 1.165) is 12.8 Å². The lowest BCUT2D eigenvalue weighted by Crippen LogP contribution is -2.38. The SMILES string of the molecule is CCC1(CC)CC(=O)N(CCN)C1=O. The summed E-state index contributed by atoms with van der Waals surface area (Å²) in [5, 5.41) is 0. The predicted molar refractivity (Wildman–Crippen MR) is 53.4 cm³/mol. The highest BCUT2D eigenvalue weighted by Crippen LogP contribution is 2.38. The first kappa shape index (κ1) is 11.2. The molecule has 0 atom stereocenters. The van der Waals surface area contributed by atoms with E-state index >= 15 is 0 Å². The van der Waals surface area contributed by atoms with Crippen LogP contribution in [0.2, 0.25) is 0 Å². The second kappa shape index (κ2) is 4.09. The lowest BCUT2D eigenvalue weighted by molar-refractivity contribution is -0.141. The summed E-state index contributed by atoms with van der Waals surface area (Å²) in [5.41, 5.74) is 4.92. The van der Waals surface area contributed by atoms with Gasteiger partial charge >= 0.3 is 0 Å². The van der Waals surface area contributed by atoms with Gasteiger partial charge in [0.25, 0.3) is 0 Å². The maximum Gasteiger partial charge on any atom is 0.235 e. The normalized spacial score (nSPS) is 20.6. The minimum atomic E-state index is -0.438. The molecule has 2 amide bonds. The van der Waals surface area contributed by atoms with Crippen molar-refractivity contribution >= 4 is 11.8 Å². The van der Waals surface area contributed by atoms with Crippen LogP contribution in [0.3, 0.4) is 0 Å². The average Bonchev–Trinajstić information content (AvgIpc) is 2.43. The smallest absolute Gasteiger partial charge is 0.235 e. The van der Waals surface area contributed by atoms with Crippen molar-refractivity contribution < 1.29 is 9.59 Å². The molecule has 80 valence electrons. The summed E-state index contributed by atoms with van der Waals surface area (Å²) in [6.45, 7) is 4.63. The summed E-state index contributed by atoms with van der Waals surface area (Å²) in [6, 6.07) is 0. The molecule has 1 fully saturated rings. The first-order chi connectivity index (χ1) is 6.61. The van der Waals surface area contributed by atoms with Gasteiger partial charge < -0.3 is 5.73 Å². The molecule has 0 saturated carbocycles. The van der Waals surface area contributed by atoms with E-state index in [1.54, 1.807) is 0 Å².